The van der Waals surface area contributed by atoms with Gasteiger partial charge in [0.15, 0.2) is 11.6 Å². The van der Waals surface area contributed by atoms with Crippen molar-refractivity contribution in [1.29, 1.82) is 0 Å². The molecule has 3 aromatic carbocycles. The second-order valence-electron chi connectivity index (χ2n) is 13.4. The zero-order valence-electron chi connectivity index (χ0n) is 29.2. The molecule has 0 radical (unpaired) electrons. The largest absolute Gasteiger partial charge is 0.330 e. The maximum atomic E-state index is 13.9. The Labute approximate surface area is 300 Å². The summed E-state index contributed by atoms with van der Waals surface area (Å²) in [6.07, 6.45) is 5.45. The van der Waals surface area contributed by atoms with Gasteiger partial charge in [0.1, 0.15) is 5.78 Å². The first-order chi connectivity index (χ1) is 24.3. The summed E-state index contributed by atoms with van der Waals surface area (Å²) in [7, 11) is 0. The number of carbonyl (C=O) groups is 3. The number of benzene rings is 3. The fourth-order valence-electron chi connectivity index (χ4n) is 6.89. The lowest BCUT2D eigenvalue weighted by atomic mass is 9.77. The first kappa shape index (κ1) is 37.1. The van der Waals surface area contributed by atoms with Crippen LogP contribution in [0.1, 0.15) is 74.7 Å². The molecule has 1 aromatic heterocycles. The van der Waals surface area contributed by atoms with E-state index in [0.29, 0.717) is 42.4 Å². The quantitative estimate of drug-likeness (QED) is 0.0967. The van der Waals surface area contributed by atoms with Crippen molar-refractivity contribution in [1.82, 2.24) is 20.1 Å². The molecule has 0 bridgehead atoms. The van der Waals surface area contributed by atoms with Crippen LogP contribution in [0.25, 0.3) is 22.5 Å². The Bertz CT molecular complexity index is 1730. The number of aromatic amines is 1. The summed E-state index contributed by atoms with van der Waals surface area (Å²) in [5.41, 5.74) is 10.8. The average Bonchev–Trinajstić information content (AvgIpc) is 3.59. The topological polar surface area (TPSA) is 134 Å². The number of amides is 1. The fourth-order valence-corrected chi connectivity index (χ4v) is 7.01. The number of nitrogens with one attached hydrogen (secondary N) is 2. The van der Waals surface area contributed by atoms with E-state index in [9.17, 15) is 14.4 Å². The van der Waals surface area contributed by atoms with Crippen molar-refractivity contribution < 1.29 is 14.4 Å². The average molecular weight is 697 g/mol. The zero-order chi connectivity index (χ0) is 35.5. The molecule has 0 saturated heterocycles. The minimum atomic E-state index is -0.560. The van der Waals surface area contributed by atoms with E-state index in [1.807, 2.05) is 54.6 Å². The minimum Gasteiger partial charge on any atom is -0.330 e. The van der Waals surface area contributed by atoms with Crippen LogP contribution in [-0.4, -0.2) is 63.7 Å². The zero-order valence-corrected chi connectivity index (χ0v) is 29.9. The predicted molar refractivity (Wildman–Crippen MR) is 200 cm³/mol. The van der Waals surface area contributed by atoms with E-state index in [-0.39, 0.29) is 35.1 Å². The number of carbonyl (C=O) groups excluding carboxylic acids is 3. The van der Waals surface area contributed by atoms with Gasteiger partial charge in [-0.1, -0.05) is 56.3 Å². The van der Waals surface area contributed by atoms with Crippen LogP contribution in [0.15, 0.2) is 72.8 Å². The molecule has 264 valence electrons. The van der Waals surface area contributed by atoms with Crippen LogP contribution in [0.4, 0.5) is 5.69 Å². The number of nitrogens with zero attached hydrogens (tertiary/aromatic N) is 3. The molecule has 5 rings (SSSR count). The van der Waals surface area contributed by atoms with Crippen LogP contribution < -0.4 is 11.1 Å². The van der Waals surface area contributed by atoms with E-state index < -0.39 is 5.92 Å². The number of rotatable bonds is 17. The Kier molecular flexibility index (Phi) is 13.5. The van der Waals surface area contributed by atoms with Gasteiger partial charge >= 0.3 is 0 Å². The second-order valence-corrected chi connectivity index (χ2v) is 13.7. The minimum absolute atomic E-state index is 0.0424. The number of Topliss-reactive ketones (excluding diaryl/α,β-unsaturated/α-hetero) is 2. The molecule has 1 amide bonds. The second kappa shape index (κ2) is 18.2. The lowest BCUT2D eigenvalue weighted by molar-refractivity contribution is -0.129. The maximum Gasteiger partial charge on any atom is 0.228 e. The number of hydrogen-bond donors (Lipinski definition) is 3. The van der Waals surface area contributed by atoms with Gasteiger partial charge in [-0.15, -0.1) is 0 Å². The Morgan fingerprint density at radius 3 is 2.30 bits per heavy atom. The van der Waals surface area contributed by atoms with Crippen molar-refractivity contribution in [2.24, 2.45) is 23.5 Å². The molecule has 0 unspecified atom stereocenters. The molecule has 9 nitrogen and oxygen atoms in total. The van der Waals surface area contributed by atoms with E-state index in [0.717, 1.165) is 74.0 Å². The van der Waals surface area contributed by atoms with Crippen LogP contribution in [0.2, 0.25) is 5.28 Å². The van der Waals surface area contributed by atoms with Crippen LogP contribution in [0.3, 0.4) is 0 Å². The highest BCUT2D eigenvalue weighted by atomic mass is 35.5. The molecule has 1 heterocycles. The third-order valence-corrected chi connectivity index (χ3v) is 10.2. The van der Waals surface area contributed by atoms with Crippen molar-refractivity contribution >= 4 is 34.8 Å². The maximum absolute atomic E-state index is 13.9. The number of halogens is 1. The summed E-state index contributed by atoms with van der Waals surface area (Å²) in [4.78, 5) is 47.0. The molecule has 4 aromatic rings. The summed E-state index contributed by atoms with van der Waals surface area (Å²) in [6, 6.07) is 23.1. The van der Waals surface area contributed by atoms with Crippen LogP contribution in [-0.2, 0) is 16.0 Å². The third kappa shape index (κ3) is 10.2. The van der Waals surface area contributed by atoms with Crippen LogP contribution in [0, 0.1) is 17.8 Å². The van der Waals surface area contributed by atoms with E-state index in [4.69, 9.17) is 17.3 Å². The number of aromatic nitrogens is 3. The highest BCUT2D eigenvalue weighted by molar-refractivity contribution is 6.28. The van der Waals surface area contributed by atoms with Gasteiger partial charge < -0.3 is 16.0 Å². The number of ketones is 2. The van der Waals surface area contributed by atoms with Crippen molar-refractivity contribution in [3.05, 3.63) is 89.2 Å². The van der Waals surface area contributed by atoms with Gasteiger partial charge in [0.05, 0.1) is 0 Å². The van der Waals surface area contributed by atoms with Crippen molar-refractivity contribution in [2.75, 3.05) is 31.5 Å². The fraction of sp³-hybridized carbons (Fsp3) is 0.425. The van der Waals surface area contributed by atoms with E-state index in [1.54, 1.807) is 12.1 Å². The Morgan fingerprint density at radius 2 is 1.64 bits per heavy atom. The molecular weight excluding hydrogens is 648 g/mol. The Balaban J connectivity index is 1.30. The molecule has 1 atom stereocenters. The van der Waals surface area contributed by atoms with Crippen LogP contribution >= 0.6 is 11.6 Å². The van der Waals surface area contributed by atoms with Gasteiger partial charge in [-0.3, -0.25) is 14.4 Å². The van der Waals surface area contributed by atoms with E-state index >= 15 is 0 Å². The normalized spacial score (nSPS) is 16.7. The highest BCUT2D eigenvalue weighted by Crippen LogP contribution is 2.32. The lowest BCUT2D eigenvalue weighted by Crippen LogP contribution is -2.31. The predicted octanol–water partition coefficient (Wildman–Crippen LogP) is 7.62. The molecule has 1 saturated carbocycles. The summed E-state index contributed by atoms with van der Waals surface area (Å²) in [5, 5.41) is 9.95. The molecule has 50 heavy (non-hydrogen) atoms. The molecule has 0 spiro atoms. The third-order valence-electron chi connectivity index (χ3n) is 10.0. The summed E-state index contributed by atoms with van der Waals surface area (Å²) < 4.78 is 0. The molecule has 0 aliphatic heterocycles. The molecule has 10 heteroatoms. The number of anilines is 1. The van der Waals surface area contributed by atoms with Gasteiger partial charge in [-0.05, 0) is 129 Å². The standard InChI is InChI=1S/C40H49ClN6O3/c1-3-47(4-2)21-7-12-36(48)33-11-6-10-32(24-33)31-9-5-8-28(22-31)23-34(25-37(49)29-15-13-27(26-42)14-16-29)39(50)43-35-19-17-30(18-20-35)38-44-40(41)46-45-38/h5-6,8-11,17-20,22,24,27,29,34H,3-4,7,12-16,21,23,25-26,42H2,1-2H3,(H,43,50)(H,44,45,46)/t27?,29?,34-/m1/s1. The van der Waals surface area contributed by atoms with Crippen molar-refractivity contribution in [3.63, 3.8) is 0 Å². The lowest BCUT2D eigenvalue weighted by Gasteiger charge is -2.27. The van der Waals surface area contributed by atoms with Gasteiger partial charge in [-0.2, -0.15) is 10.1 Å². The molecule has 1 aliphatic carbocycles. The van der Waals surface area contributed by atoms with Gasteiger partial charge in [0.2, 0.25) is 11.2 Å². The van der Waals surface area contributed by atoms with Crippen molar-refractivity contribution in [2.45, 2.75) is 65.2 Å². The number of hydrogen-bond acceptors (Lipinski definition) is 7. The highest BCUT2D eigenvalue weighted by Gasteiger charge is 2.30. The Hall–Kier alpha value is -4.18. The smallest absolute Gasteiger partial charge is 0.228 e. The van der Waals surface area contributed by atoms with Crippen molar-refractivity contribution in [3.8, 4) is 22.5 Å². The first-order valence-electron chi connectivity index (χ1n) is 17.9. The first-order valence-corrected chi connectivity index (χ1v) is 18.3. The van der Waals surface area contributed by atoms with Gasteiger partial charge in [-0.25, -0.2) is 5.10 Å². The van der Waals surface area contributed by atoms with E-state index in [2.05, 4.69) is 45.3 Å². The molecule has 1 aliphatic rings. The summed E-state index contributed by atoms with van der Waals surface area (Å²) in [6.45, 7) is 7.81. The Morgan fingerprint density at radius 1 is 0.940 bits per heavy atom. The summed E-state index contributed by atoms with van der Waals surface area (Å²) >= 11 is 5.89. The number of nitrogens with two attached hydrogens (primary N) is 1. The summed E-state index contributed by atoms with van der Waals surface area (Å²) in [5.74, 6) is 0.410. The molecule has 1 fully saturated rings. The van der Waals surface area contributed by atoms with Gasteiger partial charge in [0, 0.05) is 41.5 Å². The van der Waals surface area contributed by atoms with E-state index in [1.165, 1.54) is 0 Å². The van der Waals surface area contributed by atoms with Gasteiger partial charge in [0.25, 0.3) is 0 Å². The SMILES string of the molecule is CCN(CC)CCCC(=O)c1cccc(-c2cccc(C[C@H](CC(=O)C3CCC(CN)CC3)C(=O)Nc3ccc(-c4n[nH]c(Cl)n4)cc3)c2)c1. The van der Waals surface area contributed by atoms with Crippen LogP contribution in [0.5, 0.6) is 0 Å². The number of H-pyrrole nitrogens is 1. The molecule has 4 N–H and O–H groups in total. The monoisotopic (exact) mass is 696 g/mol. The molecular formula is C40H49ClN6O3.